The van der Waals surface area contributed by atoms with Crippen molar-refractivity contribution in [1.82, 2.24) is 24.9 Å². The summed E-state index contributed by atoms with van der Waals surface area (Å²) in [5, 5.41) is 17.7. The molecule has 0 fully saturated rings. The minimum Gasteiger partial charge on any atom is -0.465 e. The summed E-state index contributed by atoms with van der Waals surface area (Å²) in [6.45, 7) is 2.73. The molecule has 3 rings (SSSR count). The molecule has 3 heterocycles. The van der Waals surface area contributed by atoms with Gasteiger partial charge >= 0.3 is 6.09 Å². The minimum atomic E-state index is -0.905. The Labute approximate surface area is 131 Å². The van der Waals surface area contributed by atoms with Crippen LogP contribution in [0.4, 0.5) is 4.79 Å². The molecule has 2 aromatic rings. The van der Waals surface area contributed by atoms with E-state index in [0.29, 0.717) is 30.4 Å². The average molecular weight is 320 g/mol. The quantitative estimate of drug-likeness (QED) is 0.859. The summed E-state index contributed by atoms with van der Waals surface area (Å²) < 4.78 is 1.65. The third-order valence-corrected chi connectivity index (χ3v) is 3.94. The van der Waals surface area contributed by atoms with Crippen molar-refractivity contribution in [2.75, 3.05) is 13.1 Å². The van der Waals surface area contributed by atoms with E-state index in [0.717, 1.165) is 17.0 Å². The van der Waals surface area contributed by atoms with Crippen LogP contribution in [0.25, 0.3) is 11.3 Å². The Morgan fingerprint density at radius 3 is 2.91 bits per heavy atom. The molecule has 8 heteroatoms. The van der Waals surface area contributed by atoms with Crippen LogP contribution in [-0.4, -0.2) is 49.2 Å². The molecule has 2 aromatic heterocycles. The third-order valence-electron chi connectivity index (χ3n) is 3.65. The summed E-state index contributed by atoms with van der Waals surface area (Å²) in [6, 6.07) is 3.61. The Bertz CT molecular complexity index is 755. The molecule has 0 atom stereocenters. The Morgan fingerprint density at radius 2 is 2.27 bits per heavy atom. The molecule has 0 aromatic carbocycles. The van der Waals surface area contributed by atoms with Gasteiger partial charge in [-0.25, -0.2) is 14.5 Å². The van der Waals surface area contributed by atoms with Crippen LogP contribution in [0.1, 0.15) is 17.8 Å². The highest BCUT2D eigenvalue weighted by molar-refractivity contribution is 6.31. The van der Waals surface area contributed by atoms with Crippen LogP contribution in [0.2, 0.25) is 5.15 Å². The van der Waals surface area contributed by atoms with Gasteiger partial charge in [0.2, 0.25) is 0 Å². The number of halogens is 1. The Morgan fingerprint density at radius 1 is 1.45 bits per heavy atom. The molecule has 1 N–H and O–H groups in total. The summed E-state index contributed by atoms with van der Waals surface area (Å²) >= 11 is 6.09. The molecular formula is C14H14ClN5O2. The Kier molecular flexibility index (Phi) is 3.81. The van der Waals surface area contributed by atoms with E-state index < -0.39 is 6.09 Å². The van der Waals surface area contributed by atoms with E-state index in [9.17, 15) is 4.79 Å². The van der Waals surface area contributed by atoms with Crippen molar-refractivity contribution in [2.24, 2.45) is 0 Å². The van der Waals surface area contributed by atoms with Crippen LogP contribution < -0.4 is 0 Å². The molecule has 114 valence electrons. The highest BCUT2D eigenvalue weighted by Gasteiger charge is 2.21. The standard InChI is InChI=1S/C14H14ClN5O2/c1-9-12(10-4-7-19(8-5-10)14(21)22)17-18-20(9)11-3-2-6-16-13(11)15/h2-4,6H,5,7-8H2,1H3,(H,21,22). The molecule has 0 radical (unpaired) electrons. The van der Waals surface area contributed by atoms with Crippen LogP contribution in [-0.2, 0) is 0 Å². The number of nitrogens with zero attached hydrogens (tertiary/aromatic N) is 5. The zero-order valence-corrected chi connectivity index (χ0v) is 12.7. The minimum absolute atomic E-state index is 0.358. The van der Waals surface area contributed by atoms with Gasteiger partial charge in [-0.1, -0.05) is 22.9 Å². The van der Waals surface area contributed by atoms with Crippen molar-refractivity contribution >= 4 is 23.3 Å². The van der Waals surface area contributed by atoms with Gasteiger partial charge in [0.25, 0.3) is 0 Å². The van der Waals surface area contributed by atoms with Crippen molar-refractivity contribution in [3.05, 3.63) is 40.9 Å². The Hall–Kier alpha value is -2.41. The van der Waals surface area contributed by atoms with Crippen molar-refractivity contribution in [3.8, 4) is 5.69 Å². The molecule has 0 spiro atoms. The van der Waals surface area contributed by atoms with Crippen molar-refractivity contribution < 1.29 is 9.90 Å². The summed E-state index contributed by atoms with van der Waals surface area (Å²) in [4.78, 5) is 16.3. The smallest absolute Gasteiger partial charge is 0.407 e. The molecular weight excluding hydrogens is 306 g/mol. The number of rotatable bonds is 2. The highest BCUT2D eigenvalue weighted by atomic mass is 35.5. The predicted molar refractivity (Wildman–Crippen MR) is 81.1 cm³/mol. The van der Waals surface area contributed by atoms with Gasteiger partial charge in [-0.05, 0) is 31.1 Å². The van der Waals surface area contributed by atoms with E-state index in [-0.39, 0.29) is 0 Å². The Balaban J connectivity index is 1.92. The van der Waals surface area contributed by atoms with E-state index in [1.165, 1.54) is 4.90 Å². The fraction of sp³-hybridized carbons (Fsp3) is 0.286. The van der Waals surface area contributed by atoms with Crippen LogP contribution in [0.15, 0.2) is 24.4 Å². The number of pyridine rings is 1. The number of amides is 1. The van der Waals surface area contributed by atoms with E-state index >= 15 is 0 Å². The second kappa shape index (κ2) is 5.76. The highest BCUT2D eigenvalue weighted by Crippen LogP contribution is 2.26. The van der Waals surface area contributed by atoms with Crippen LogP contribution >= 0.6 is 11.6 Å². The predicted octanol–water partition coefficient (Wildman–Crippen LogP) is 2.39. The fourth-order valence-electron chi connectivity index (χ4n) is 2.45. The lowest BCUT2D eigenvalue weighted by molar-refractivity contribution is 0.150. The lowest BCUT2D eigenvalue weighted by Gasteiger charge is -2.23. The monoisotopic (exact) mass is 319 g/mol. The van der Waals surface area contributed by atoms with E-state index in [2.05, 4.69) is 15.3 Å². The topological polar surface area (TPSA) is 84.1 Å². The molecule has 22 heavy (non-hydrogen) atoms. The molecule has 0 saturated heterocycles. The van der Waals surface area contributed by atoms with Gasteiger partial charge in [-0.3, -0.25) is 0 Å². The molecule has 0 unspecified atom stereocenters. The number of aromatic nitrogens is 4. The van der Waals surface area contributed by atoms with Crippen LogP contribution in [0, 0.1) is 6.92 Å². The summed E-state index contributed by atoms with van der Waals surface area (Å²) in [5.41, 5.74) is 3.29. The third kappa shape index (κ3) is 2.55. The number of carbonyl (C=O) groups is 1. The van der Waals surface area contributed by atoms with E-state index in [4.69, 9.17) is 16.7 Å². The molecule has 0 aliphatic carbocycles. The maximum Gasteiger partial charge on any atom is 0.407 e. The largest absolute Gasteiger partial charge is 0.465 e. The lowest BCUT2D eigenvalue weighted by Crippen LogP contribution is -2.33. The summed E-state index contributed by atoms with van der Waals surface area (Å²) in [5.74, 6) is 0. The number of carboxylic acid groups (broad SMARTS) is 1. The first-order chi connectivity index (χ1) is 10.6. The van der Waals surface area contributed by atoms with Crippen molar-refractivity contribution in [1.29, 1.82) is 0 Å². The fourth-order valence-corrected chi connectivity index (χ4v) is 2.65. The number of hydrogen-bond donors (Lipinski definition) is 1. The molecule has 7 nitrogen and oxygen atoms in total. The SMILES string of the molecule is Cc1c(C2=CCN(C(=O)O)CC2)nnn1-c1cccnc1Cl. The molecule has 0 bridgehead atoms. The van der Waals surface area contributed by atoms with Gasteiger partial charge in [0, 0.05) is 19.3 Å². The second-order valence-corrected chi connectivity index (χ2v) is 5.31. The first-order valence-corrected chi connectivity index (χ1v) is 7.16. The molecule has 0 saturated carbocycles. The van der Waals surface area contributed by atoms with Gasteiger partial charge in [-0.2, -0.15) is 0 Å². The van der Waals surface area contributed by atoms with E-state index in [1.807, 2.05) is 19.1 Å². The second-order valence-electron chi connectivity index (χ2n) is 4.96. The van der Waals surface area contributed by atoms with Gasteiger partial charge < -0.3 is 10.0 Å². The van der Waals surface area contributed by atoms with Crippen LogP contribution in [0.5, 0.6) is 0 Å². The zero-order chi connectivity index (χ0) is 15.7. The van der Waals surface area contributed by atoms with Gasteiger partial charge in [0.05, 0.1) is 5.69 Å². The first-order valence-electron chi connectivity index (χ1n) is 6.78. The van der Waals surface area contributed by atoms with Gasteiger partial charge in [-0.15, -0.1) is 5.10 Å². The lowest BCUT2D eigenvalue weighted by atomic mass is 10.0. The zero-order valence-electron chi connectivity index (χ0n) is 11.9. The van der Waals surface area contributed by atoms with Crippen LogP contribution in [0.3, 0.4) is 0 Å². The maximum absolute atomic E-state index is 10.9. The first kappa shape index (κ1) is 14.5. The number of hydrogen-bond acceptors (Lipinski definition) is 4. The summed E-state index contributed by atoms with van der Waals surface area (Å²) in [6.07, 6.45) is 3.21. The molecule has 1 aliphatic rings. The molecule has 1 amide bonds. The maximum atomic E-state index is 10.9. The van der Waals surface area contributed by atoms with Gasteiger partial charge in [0.1, 0.15) is 11.4 Å². The van der Waals surface area contributed by atoms with E-state index in [1.54, 1.807) is 16.9 Å². The van der Waals surface area contributed by atoms with Gasteiger partial charge in [0.15, 0.2) is 5.15 Å². The van der Waals surface area contributed by atoms with Crippen molar-refractivity contribution in [2.45, 2.75) is 13.3 Å². The average Bonchev–Trinajstić information content (AvgIpc) is 2.89. The normalized spacial score (nSPS) is 14.8. The molecule has 1 aliphatic heterocycles. The van der Waals surface area contributed by atoms with Crippen molar-refractivity contribution in [3.63, 3.8) is 0 Å². The summed E-state index contributed by atoms with van der Waals surface area (Å²) in [7, 11) is 0.